The van der Waals surface area contributed by atoms with Crippen molar-refractivity contribution in [3.8, 4) is 11.8 Å². The summed E-state index contributed by atoms with van der Waals surface area (Å²) < 4.78 is 11.5. The van der Waals surface area contributed by atoms with E-state index in [0.29, 0.717) is 31.0 Å². The molecule has 33 heavy (non-hydrogen) atoms. The highest BCUT2D eigenvalue weighted by Gasteiger charge is 2.17. The van der Waals surface area contributed by atoms with Crippen LogP contribution in [0.15, 0.2) is 42.5 Å². The molecule has 0 unspecified atom stereocenters. The summed E-state index contributed by atoms with van der Waals surface area (Å²) >= 11 is 1.55. The lowest BCUT2D eigenvalue weighted by Crippen LogP contribution is -2.36. The third kappa shape index (κ3) is 6.92. The van der Waals surface area contributed by atoms with E-state index in [4.69, 9.17) is 14.7 Å². The number of carbonyl (C=O) groups is 2. The Morgan fingerprint density at radius 1 is 1.15 bits per heavy atom. The first-order chi connectivity index (χ1) is 16.0. The first kappa shape index (κ1) is 24.0. The van der Waals surface area contributed by atoms with E-state index in [1.807, 2.05) is 25.1 Å². The van der Waals surface area contributed by atoms with Crippen molar-refractivity contribution in [1.29, 1.82) is 5.26 Å². The Kier molecular flexibility index (Phi) is 8.61. The Hall–Kier alpha value is -3.64. The summed E-state index contributed by atoms with van der Waals surface area (Å²) in [6.07, 6.45) is 0.376. The first-order valence-electron chi connectivity index (χ1n) is 10.8. The first-order valence-corrected chi connectivity index (χ1v) is 11.6. The summed E-state index contributed by atoms with van der Waals surface area (Å²) in [5.41, 5.74) is 2.26. The maximum atomic E-state index is 12.6. The Morgan fingerprint density at radius 2 is 1.94 bits per heavy atom. The van der Waals surface area contributed by atoms with Gasteiger partial charge in [-0.1, -0.05) is 6.92 Å². The Morgan fingerprint density at radius 3 is 2.64 bits per heavy atom. The van der Waals surface area contributed by atoms with Crippen LogP contribution in [0, 0.1) is 11.3 Å². The van der Waals surface area contributed by atoms with Crippen molar-refractivity contribution in [1.82, 2.24) is 9.88 Å². The molecular formula is C24H26N4O4S. The number of nitrogens with zero attached hydrogens (tertiary/aromatic N) is 3. The van der Waals surface area contributed by atoms with Gasteiger partial charge in [-0.05, 0) is 49.7 Å². The molecule has 0 spiro atoms. The van der Waals surface area contributed by atoms with E-state index in [1.54, 1.807) is 42.5 Å². The zero-order valence-electron chi connectivity index (χ0n) is 18.7. The molecule has 1 N–H and O–H groups in total. The van der Waals surface area contributed by atoms with Crippen molar-refractivity contribution in [3.63, 3.8) is 0 Å². The fourth-order valence-corrected chi connectivity index (χ4v) is 4.01. The van der Waals surface area contributed by atoms with Crippen molar-refractivity contribution in [2.24, 2.45) is 0 Å². The van der Waals surface area contributed by atoms with Crippen molar-refractivity contribution in [2.45, 2.75) is 33.2 Å². The monoisotopic (exact) mass is 466 g/mol. The van der Waals surface area contributed by atoms with Crippen LogP contribution in [0.3, 0.4) is 0 Å². The van der Waals surface area contributed by atoms with Gasteiger partial charge in [0, 0.05) is 24.8 Å². The second-order valence-electron chi connectivity index (χ2n) is 7.19. The Balaban J connectivity index is 1.61. The molecule has 8 nitrogen and oxygen atoms in total. The molecule has 3 aromatic rings. The fourth-order valence-electron chi connectivity index (χ4n) is 3.12. The summed E-state index contributed by atoms with van der Waals surface area (Å²) in [6, 6.07) is 14.7. The van der Waals surface area contributed by atoms with Crippen LogP contribution in [0.5, 0.6) is 5.75 Å². The predicted octanol–water partition coefficient (Wildman–Crippen LogP) is 4.94. The van der Waals surface area contributed by atoms with Crippen LogP contribution in [-0.4, -0.2) is 41.6 Å². The number of benzene rings is 2. The van der Waals surface area contributed by atoms with Crippen LogP contribution in [0.25, 0.3) is 10.2 Å². The molecule has 0 bridgehead atoms. The summed E-state index contributed by atoms with van der Waals surface area (Å²) in [6.45, 7) is 5.30. The summed E-state index contributed by atoms with van der Waals surface area (Å²) in [4.78, 5) is 30.4. The van der Waals surface area contributed by atoms with Crippen LogP contribution in [0.2, 0.25) is 0 Å². The van der Waals surface area contributed by atoms with Gasteiger partial charge in [0.15, 0.2) is 0 Å². The van der Waals surface area contributed by atoms with Gasteiger partial charge in [0.25, 0.3) is 0 Å². The van der Waals surface area contributed by atoms with Gasteiger partial charge in [0.05, 0.1) is 41.4 Å². The number of hydrogen-bond acceptors (Lipinski definition) is 8. The summed E-state index contributed by atoms with van der Waals surface area (Å²) in [5, 5.41) is 13.1. The van der Waals surface area contributed by atoms with E-state index < -0.39 is 6.09 Å². The number of carbonyl (C=O) groups excluding carboxylic acids is 2. The average Bonchev–Trinajstić information content (AvgIpc) is 3.23. The second kappa shape index (κ2) is 11.8. The van der Waals surface area contributed by atoms with Gasteiger partial charge in [-0.2, -0.15) is 5.26 Å². The maximum absolute atomic E-state index is 12.6. The number of esters is 1. The van der Waals surface area contributed by atoms with E-state index >= 15 is 0 Å². The lowest BCUT2D eigenvalue weighted by Gasteiger charge is -2.20. The number of aromatic nitrogens is 1. The van der Waals surface area contributed by atoms with Gasteiger partial charge in [0.1, 0.15) is 10.8 Å². The van der Waals surface area contributed by atoms with E-state index in [9.17, 15) is 9.59 Å². The molecule has 3 rings (SSSR count). The van der Waals surface area contributed by atoms with Gasteiger partial charge in [0.2, 0.25) is 0 Å². The van der Waals surface area contributed by atoms with E-state index in [1.165, 1.54) is 4.90 Å². The number of fused-ring (bicyclic) bond motifs is 1. The van der Waals surface area contributed by atoms with Gasteiger partial charge >= 0.3 is 12.1 Å². The molecule has 0 aliphatic carbocycles. The molecule has 2 aromatic carbocycles. The molecule has 9 heteroatoms. The number of anilines is 1. The number of hydrogen-bond donors (Lipinski definition) is 1. The van der Waals surface area contributed by atoms with E-state index in [-0.39, 0.29) is 18.9 Å². The van der Waals surface area contributed by atoms with Crippen LogP contribution in [0.4, 0.5) is 10.5 Å². The molecular weight excluding hydrogens is 440 g/mol. The zero-order chi connectivity index (χ0) is 23.6. The number of thiazole rings is 1. The van der Waals surface area contributed by atoms with Gasteiger partial charge < -0.3 is 19.7 Å². The molecule has 0 aliphatic heterocycles. The molecule has 0 atom stereocenters. The minimum atomic E-state index is -0.501. The van der Waals surface area contributed by atoms with Crippen molar-refractivity contribution < 1.29 is 19.1 Å². The lowest BCUT2D eigenvalue weighted by molar-refractivity contribution is -0.143. The number of amides is 1. The number of nitriles is 1. The Labute approximate surface area is 196 Å². The third-order valence-electron chi connectivity index (χ3n) is 4.71. The highest BCUT2D eigenvalue weighted by Crippen LogP contribution is 2.27. The van der Waals surface area contributed by atoms with E-state index in [2.05, 4.69) is 16.4 Å². The average molecular weight is 467 g/mol. The molecule has 0 aliphatic rings. The standard InChI is InChI=1S/C24H26N4O4S/c1-3-12-28(13-11-23(29)31-4-2)24(30)32-19-9-10-21-20(14-19)27-22(33-21)16-26-18-7-5-17(15-25)6-8-18/h5-10,14,26H,3-4,11-13,16H2,1-2H3. The normalized spacial score (nSPS) is 10.5. The van der Waals surface area contributed by atoms with Gasteiger partial charge in [-0.3, -0.25) is 4.79 Å². The largest absolute Gasteiger partial charge is 0.466 e. The number of rotatable bonds is 10. The molecule has 0 fully saturated rings. The van der Waals surface area contributed by atoms with E-state index in [0.717, 1.165) is 27.3 Å². The van der Waals surface area contributed by atoms with Crippen LogP contribution < -0.4 is 10.1 Å². The van der Waals surface area contributed by atoms with Crippen molar-refractivity contribution in [3.05, 3.63) is 53.0 Å². The molecule has 172 valence electrons. The minimum absolute atomic E-state index is 0.129. The Bertz CT molecular complexity index is 1140. The van der Waals surface area contributed by atoms with Gasteiger partial charge in [-0.15, -0.1) is 11.3 Å². The molecule has 0 saturated carbocycles. The highest BCUT2D eigenvalue weighted by atomic mass is 32.1. The quantitative estimate of drug-likeness (QED) is 0.422. The highest BCUT2D eigenvalue weighted by molar-refractivity contribution is 7.18. The minimum Gasteiger partial charge on any atom is -0.466 e. The molecule has 0 saturated heterocycles. The van der Waals surface area contributed by atoms with Crippen LogP contribution >= 0.6 is 11.3 Å². The zero-order valence-corrected chi connectivity index (χ0v) is 19.5. The SMILES string of the molecule is CCCN(CCC(=O)OCC)C(=O)Oc1ccc2sc(CNc3ccc(C#N)cc3)nc2c1. The van der Waals surface area contributed by atoms with Crippen LogP contribution in [0.1, 0.15) is 37.3 Å². The van der Waals surface area contributed by atoms with Crippen molar-refractivity contribution in [2.75, 3.05) is 25.0 Å². The summed E-state index contributed by atoms with van der Waals surface area (Å²) in [7, 11) is 0. The molecule has 1 heterocycles. The smallest absolute Gasteiger partial charge is 0.415 e. The number of nitrogens with one attached hydrogen (secondary N) is 1. The lowest BCUT2D eigenvalue weighted by atomic mass is 10.2. The fraction of sp³-hybridized carbons (Fsp3) is 0.333. The molecule has 1 aromatic heterocycles. The molecule has 1 amide bonds. The number of ether oxygens (including phenoxy) is 2. The second-order valence-corrected chi connectivity index (χ2v) is 8.31. The summed E-state index contributed by atoms with van der Waals surface area (Å²) in [5.74, 6) is 0.0686. The predicted molar refractivity (Wildman–Crippen MR) is 127 cm³/mol. The van der Waals surface area contributed by atoms with Crippen molar-refractivity contribution >= 4 is 39.3 Å². The molecule has 0 radical (unpaired) electrons. The maximum Gasteiger partial charge on any atom is 0.415 e. The third-order valence-corrected chi connectivity index (χ3v) is 5.75. The van der Waals surface area contributed by atoms with Gasteiger partial charge in [-0.25, -0.2) is 9.78 Å². The van der Waals surface area contributed by atoms with Crippen LogP contribution in [-0.2, 0) is 16.1 Å². The topological polar surface area (TPSA) is 105 Å².